The highest BCUT2D eigenvalue weighted by Gasteiger charge is 2.10. The summed E-state index contributed by atoms with van der Waals surface area (Å²) in [6, 6.07) is 14.8. The predicted octanol–water partition coefficient (Wildman–Crippen LogP) is 4.43. The van der Waals surface area contributed by atoms with Gasteiger partial charge in [-0.05, 0) is 50.1 Å². The summed E-state index contributed by atoms with van der Waals surface area (Å²) in [5, 5.41) is 6.78. The molecule has 0 unspecified atom stereocenters. The number of nitrogens with zero attached hydrogens (tertiary/aromatic N) is 4. The van der Waals surface area contributed by atoms with Crippen molar-refractivity contribution in [1.82, 2.24) is 4.68 Å². The summed E-state index contributed by atoms with van der Waals surface area (Å²) in [7, 11) is 0. The first kappa shape index (κ1) is 19.6. The molecular weight excluding hydrogens is 380 g/mol. The summed E-state index contributed by atoms with van der Waals surface area (Å²) >= 11 is 1.60. The molecule has 6 heteroatoms. The van der Waals surface area contributed by atoms with Crippen molar-refractivity contribution in [2.24, 2.45) is 10.1 Å². The van der Waals surface area contributed by atoms with E-state index < -0.39 is 0 Å². The summed E-state index contributed by atoms with van der Waals surface area (Å²) in [4.78, 5) is 8.06. The van der Waals surface area contributed by atoms with Crippen LogP contribution in [0.5, 0.6) is 0 Å². The number of aromatic nitrogens is 1. The summed E-state index contributed by atoms with van der Waals surface area (Å²) in [6.45, 7) is 9.72. The van der Waals surface area contributed by atoms with Crippen LogP contribution in [0, 0.1) is 20.8 Å². The van der Waals surface area contributed by atoms with Crippen molar-refractivity contribution < 1.29 is 4.74 Å². The van der Waals surface area contributed by atoms with Crippen molar-refractivity contribution in [3.8, 4) is 0 Å². The molecule has 150 valence electrons. The van der Waals surface area contributed by atoms with Gasteiger partial charge in [0.25, 0.3) is 0 Å². The van der Waals surface area contributed by atoms with Crippen molar-refractivity contribution in [2.45, 2.75) is 20.8 Å². The van der Waals surface area contributed by atoms with Crippen molar-refractivity contribution >= 4 is 28.9 Å². The van der Waals surface area contributed by atoms with Gasteiger partial charge in [0, 0.05) is 24.2 Å². The van der Waals surface area contributed by atoms with E-state index in [1.807, 2.05) is 10.9 Å². The van der Waals surface area contributed by atoms with Gasteiger partial charge in [-0.3, -0.25) is 0 Å². The lowest BCUT2D eigenvalue weighted by Crippen LogP contribution is -2.36. The summed E-state index contributed by atoms with van der Waals surface area (Å²) in [5.41, 5.74) is 6.77. The van der Waals surface area contributed by atoms with E-state index in [1.165, 1.54) is 16.8 Å². The van der Waals surface area contributed by atoms with Crippen LogP contribution in [0.3, 0.4) is 0 Å². The number of morpholine rings is 1. The fourth-order valence-electron chi connectivity index (χ4n) is 3.35. The van der Waals surface area contributed by atoms with Crippen LogP contribution >= 0.6 is 11.3 Å². The molecule has 0 atom stereocenters. The van der Waals surface area contributed by atoms with Gasteiger partial charge in [0.15, 0.2) is 0 Å². The van der Waals surface area contributed by atoms with Crippen molar-refractivity contribution in [2.75, 3.05) is 31.2 Å². The molecule has 2 aromatic carbocycles. The number of hydrogen-bond acceptors (Lipinski definition) is 5. The Hall–Kier alpha value is -2.70. The molecule has 1 aliphatic heterocycles. The molecule has 0 amide bonds. The van der Waals surface area contributed by atoms with Crippen LogP contribution in [0.2, 0.25) is 0 Å². The van der Waals surface area contributed by atoms with E-state index in [4.69, 9.17) is 14.8 Å². The van der Waals surface area contributed by atoms with Gasteiger partial charge in [-0.2, -0.15) is 5.10 Å². The lowest BCUT2D eigenvalue weighted by molar-refractivity contribution is 0.122. The maximum absolute atomic E-state index is 5.43. The molecule has 0 radical (unpaired) electrons. The Balaban J connectivity index is 1.57. The van der Waals surface area contributed by atoms with Gasteiger partial charge in [0.2, 0.25) is 4.80 Å². The molecule has 3 aromatic rings. The summed E-state index contributed by atoms with van der Waals surface area (Å²) < 4.78 is 7.33. The topological polar surface area (TPSA) is 42.1 Å². The van der Waals surface area contributed by atoms with Crippen LogP contribution in [0.15, 0.2) is 57.9 Å². The predicted molar refractivity (Wildman–Crippen MR) is 121 cm³/mol. The minimum Gasteiger partial charge on any atom is -0.378 e. The zero-order valence-electron chi connectivity index (χ0n) is 17.1. The fourth-order valence-corrected chi connectivity index (χ4v) is 4.17. The van der Waals surface area contributed by atoms with E-state index in [1.54, 1.807) is 11.3 Å². The third kappa shape index (κ3) is 4.66. The number of ether oxygens (including phenoxy) is 1. The molecule has 0 bridgehead atoms. The first-order valence-corrected chi connectivity index (χ1v) is 10.7. The molecule has 2 heterocycles. The third-order valence-corrected chi connectivity index (χ3v) is 5.94. The third-order valence-electron chi connectivity index (χ3n) is 5.01. The minimum absolute atomic E-state index is 0.796. The molecule has 0 N–H and O–H groups in total. The number of thiazole rings is 1. The smallest absolute Gasteiger partial charge is 0.211 e. The van der Waals surface area contributed by atoms with Gasteiger partial charge in [-0.15, -0.1) is 11.3 Å². The Morgan fingerprint density at radius 1 is 1.00 bits per heavy atom. The highest BCUT2D eigenvalue weighted by Crippen LogP contribution is 2.19. The number of benzene rings is 2. The van der Waals surface area contributed by atoms with Gasteiger partial charge in [0.05, 0.1) is 30.8 Å². The van der Waals surface area contributed by atoms with Crippen LogP contribution < -0.4 is 9.70 Å². The Morgan fingerprint density at radius 3 is 2.48 bits per heavy atom. The van der Waals surface area contributed by atoms with Gasteiger partial charge in [-0.25, -0.2) is 9.67 Å². The van der Waals surface area contributed by atoms with Crippen LogP contribution in [-0.4, -0.2) is 37.2 Å². The molecule has 1 fully saturated rings. The monoisotopic (exact) mass is 406 g/mol. The van der Waals surface area contributed by atoms with Crippen LogP contribution in [0.25, 0.3) is 0 Å². The molecular formula is C23H26N4OS. The van der Waals surface area contributed by atoms with Gasteiger partial charge in [-0.1, -0.05) is 29.8 Å². The minimum atomic E-state index is 0.796. The highest BCUT2D eigenvalue weighted by atomic mass is 32.1. The molecule has 0 saturated carbocycles. The fraction of sp³-hybridized carbons (Fsp3) is 0.304. The molecule has 0 aliphatic carbocycles. The molecule has 5 nitrogen and oxygen atoms in total. The molecule has 1 aromatic heterocycles. The first-order chi connectivity index (χ1) is 14.1. The van der Waals surface area contributed by atoms with E-state index in [2.05, 4.69) is 73.5 Å². The van der Waals surface area contributed by atoms with Crippen molar-refractivity contribution in [3.05, 3.63) is 75.0 Å². The summed E-state index contributed by atoms with van der Waals surface area (Å²) in [6.07, 6.45) is 1.89. The van der Waals surface area contributed by atoms with Crippen molar-refractivity contribution in [1.29, 1.82) is 0 Å². The lowest BCUT2D eigenvalue weighted by atomic mass is 10.1. The summed E-state index contributed by atoms with van der Waals surface area (Å²) in [5.74, 6) is 0. The van der Waals surface area contributed by atoms with Crippen LogP contribution in [0.4, 0.5) is 11.4 Å². The Labute approximate surface area is 175 Å². The second-order valence-corrected chi connectivity index (χ2v) is 8.15. The second-order valence-electron chi connectivity index (χ2n) is 7.31. The zero-order chi connectivity index (χ0) is 20.2. The SMILES string of the molecule is Cc1ccc(N=c2scc(C)n2N=Cc2ccc(N3CCOCC3)cc2)c(C)c1. The van der Waals surface area contributed by atoms with Gasteiger partial charge in [0.1, 0.15) is 0 Å². The maximum atomic E-state index is 5.43. The van der Waals surface area contributed by atoms with Gasteiger partial charge >= 0.3 is 0 Å². The Bertz CT molecular complexity index is 1070. The highest BCUT2D eigenvalue weighted by molar-refractivity contribution is 7.07. The number of hydrogen-bond donors (Lipinski definition) is 0. The largest absolute Gasteiger partial charge is 0.378 e. The molecule has 1 saturated heterocycles. The van der Waals surface area contributed by atoms with Crippen LogP contribution in [0.1, 0.15) is 22.4 Å². The average Bonchev–Trinajstić information content (AvgIpc) is 3.09. The van der Waals surface area contributed by atoms with E-state index in [0.717, 1.165) is 48.0 Å². The quantitative estimate of drug-likeness (QED) is 0.602. The molecule has 29 heavy (non-hydrogen) atoms. The number of rotatable bonds is 4. The normalized spacial score (nSPS) is 15.4. The first-order valence-electron chi connectivity index (χ1n) is 9.86. The molecule has 0 spiro atoms. The second kappa shape index (κ2) is 8.76. The van der Waals surface area contributed by atoms with E-state index in [0.29, 0.717) is 0 Å². The van der Waals surface area contributed by atoms with E-state index in [-0.39, 0.29) is 0 Å². The van der Waals surface area contributed by atoms with E-state index >= 15 is 0 Å². The molecule has 4 rings (SSSR count). The Morgan fingerprint density at radius 2 is 1.76 bits per heavy atom. The standard InChI is InChI=1S/C23H26N4OS/c1-17-4-9-22(18(2)14-17)25-23-27(19(3)16-29-23)24-15-20-5-7-21(8-6-20)26-10-12-28-13-11-26/h4-9,14-16H,10-13H2,1-3H3. The van der Waals surface area contributed by atoms with Gasteiger partial charge < -0.3 is 9.64 Å². The number of anilines is 1. The lowest BCUT2D eigenvalue weighted by Gasteiger charge is -2.28. The Kier molecular flexibility index (Phi) is 5.92. The maximum Gasteiger partial charge on any atom is 0.211 e. The molecule has 1 aliphatic rings. The van der Waals surface area contributed by atoms with Crippen LogP contribution in [-0.2, 0) is 4.74 Å². The number of aryl methyl sites for hydroxylation is 3. The van der Waals surface area contributed by atoms with Crippen molar-refractivity contribution in [3.63, 3.8) is 0 Å². The van der Waals surface area contributed by atoms with E-state index in [9.17, 15) is 0 Å². The average molecular weight is 407 g/mol. The zero-order valence-corrected chi connectivity index (χ0v) is 17.9.